The Hall–Kier alpha value is -3.86. The monoisotopic (exact) mass is 471 g/mol. The molecule has 3 aliphatic carbocycles. The molecule has 6 N–H and O–H groups in total. The van der Waals surface area contributed by atoms with E-state index in [1.807, 2.05) is 0 Å². The van der Waals surface area contributed by atoms with Crippen molar-refractivity contribution in [3.63, 3.8) is 0 Å². The number of primary amides is 1. The Morgan fingerprint density at radius 1 is 1.09 bits per heavy atom. The second-order valence-electron chi connectivity index (χ2n) is 9.12. The normalized spacial score (nSPS) is 23.8. The summed E-state index contributed by atoms with van der Waals surface area (Å²) in [5.41, 5.74) is 5.17. The van der Waals surface area contributed by atoms with Crippen LogP contribution in [-0.2, 0) is 20.8 Å². The van der Waals surface area contributed by atoms with E-state index < -0.39 is 64.0 Å². The summed E-state index contributed by atoms with van der Waals surface area (Å²) in [6.07, 6.45) is 0.346. The van der Waals surface area contributed by atoms with Crippen LogP contribution in [0.15, 0.2) is 23.0 Å². The lowest BCUT2D eigenvalue weighted by molar-refractivity contribution is -0.127. The fourth-order valence-electron chi connectivity index (χ4n) is 5.43. The van der Waals surface area contributed by atoms with E-state index in [0.717, 1.165) is 7.05 Å². The standard InChI is InChI=1S/C23H25N3O8/c1-25(2)12-7-11(23(33)26(3)34)18(28)16-10(12)5-8-4-9-6-13(27)17(22(24)32)21(31)15(9)19(29)14(8)20(16)30/h7-9,15,28,30-31,34H,4-6H2,1-3H3,(H2,24,32). The zero-order valence-corrected chi connectivity index (χ0v) is 18.8. The summed E-state index contributed by atoms with van der Waals surface area (Å²) in [6.45, 7) is 0. The fourth-order valence-corrected chi connectivity index (χ4v) is 5.43. The van der Waals surface area contributed by atoms with E-state index in [-0.39, 0.29) is 36.0 Å². The van der Waals surface area contributed by atoms with Crippen LogP contribution in [0, 0.1) is 17.8 Å². The number of fused-ring (bicyclic) bond motifs is 3. The van der Waals surface area contributed by atoms with Crippen molar-refractivity contribution in [3.8, 4) is 5.75 Å². The van der Waals surface area contributed by atoms with Gasteiger partial charge in [-0.1, -0.05) is 0 Å². The minimum atomic E-state index is -1.22. The Bertz CT molecular complexity index is 1230. The minimum absolute atomic E-state index is 0.0552. The number of aromatic hydroxyl groups is 1. The molecule has 2 amide bonds. The summed E-state index contributed by atoms with van der Waals surface area (Å²) < 4.78 is 0. The maximum absolute atomic E-state index is 13.5. The Morgan fingerprint density at radius 2 is 1.74 bits per heavy atom. The quantitative estimate of drug-likeness (QED) is 0.242. The third kappa shape index (κ3) is 3.23. The van der Waals surface area contributed by atoms with E-state index in [9.17, 15) is 39.7 Å². The fraction of sp³-hybridized carbons (Fsp3) is 0.391. The van der Waals surface area contributed by atoms with E-state index in [2.05, 4.69) is 0 Å². The molecule has 3 atom stereocenters. The number of hydrogen-bond acceptors (Lipinski definition) is 9. The maximum atomic E-state index is 13.5. The van der Waals surface area contributed by atoms with Gasteiger partial charge in [-0.3, -0.25) is 24.4 Å². The van der Waals surface area contributed by atoms with Crippen molar-refractivity contribution in [1.29, 1.82) is 0 Å². The minimum Gasteiger partial charge on any atom is -0.511 e. The third-order valence-corrected chi connectivity index (χ3v) is 6.87. The molecule has 34 heavy (non-hydrogen) atoms. The van der Waals surface area contributed by atoms with Crippen LogP contribution >= 0.6 is 0 Å². The van der Waals surface area contributed by atoms with Gasteiger partial charge in [0.15, 0.2) is 11.6 Å². The Kier molecular flexibility index (Phi) is 5.40. The molecule has 0 aromatic heterocycles. The number of phenols is 1. The van der Waals surface area contributed by atoms with Gasteiger partial charge in [0, 0.05) is 38.8 Å². The highest BCUT2D eigenvalue weighted by molar-refractivity contribution is 6.21. The van der Waals surface area contributed by atoms with Gasteiger partial charge in [-0.15, -0.1) is 0 Å². The summed E-state index contributed by atoms with van der Waals surface area (Å²) in [7, 11) is 4.50. The molecule has 11 heteroatoms. The molecule has 1 saturated carbocycles. The summed E-state index contributed by atoms with van der Waals surface area (Å²) in [5.74, 6) is -7.51. The number of carbonyl (C=O) groups is 4. The molecule has 0 aliphatic heterocycles. The summed E-state index contributed by atoms with van der Waals surface area (Å²) >= 11 is 0. The molecular formula is C23H25N3O8. The van der Waals surface area contributed by atoms with E-state index in [1.54, 1.807) is 19.0 Å². The second kappa shape index (κ2) is 7.87. The molecule has 1 aromatic carbocycles. The molecule has 3 unspecified atom stereocenters. The molecule has 0 saturated heterocycles. The average Bonchev–Trinajstić information content (AvgIpc) is 2.72. The van der Waals surface area contributed by atoms with Crippen LogP contribution < -0.4 is 10.6 Å². The largest absolute Gasteiger partial charge is 0.511 e. The molecule has 11 nitrogen and oxygen atoms in total. The SMILES string of the molecule is CN(O)C(=O)c1cc(N(C)C)c2c(c1O)C(O)=C1C(=O)C3C(O)=C(C(N)=O)C(=O)CC3CC1C2. The van der Waals surface area contributed by atoms with Gasteiger partial charge in [-0.05, 0) is 36.3 Å². The topological polar surface area (TPSA) is 182 Å². The molecule has 0 heterocycles. The van der Waals surface area contributed by atoms with Gasteiger partial charge in [-0.2, -0.15) is 0 Å². The molecular weight excluding hydrogens is 446 g/mol. The first-order valence-corrected chi connectivity index (χ1v) is 10.6. The number of benzene rings is 1. The van der Waals surface area contributed by atoms with Crippen molar-refractivity contribution in [2.24, 2.45) is 23.5 Å². The summed E-state index contributed by atoms with van der Waals surface area (Å²) in [6, 6.07) is 1.40. The lowest BCUT2D eigenvalue weighted by atomic mass is 9.61. The number of amides is 2. The van der Waals surface area contributed by atoms with E-state index in [4.69, 9.17) is 5.73 Å². The molecule has 3 aliphatic rings. The zero-order chi connectivity index (χ0) is 25.2. The molecule has 0 radical (unpaired) electrons. The van der Waals surface area contributed by atoms with Crippen molar-refractivity contribution < 1.29 is 39.7 Å². The van der Waals surface area contributed by atoms with Crippen LogP contribution in [0.3, 0.4) is 0 Å². The van der Waals surface area contributed by atoms with Crippen LogP contribution in [-0.4, -0.2) is 70.1 Å². The maximum Gasteiger partial charge on any atom is 0.280 e. The van der Waals surface area contributed by atoms with Crippen LogP contribution in [0.2, 0.25) is 0 Å². The molecule has 1 fully saturated rings. The number of hydroxylamine groups is 2. The number of rotatable bonds is 3. The van der Waals surface area contributed by atoms with Gasteiger partial charge >= 0.3 is 0 Å². The van der Waals surface area contributed by atoms with E-state index in [0.29, 0.717) is 16.3 Å². The van der Waals surface area contributed by atoms with E-state index >= 15 is 0 Å². The number of nitrogens with two attached hydrogens (primary N) is 1. The number of ketones is 2. The van der Waals surface area contributed by atoms with Crippen molar-refractivity contribution >= 4 is 34.8 Å². The number of phenolic OH excluding ortho intramolecular Hbond substituents is 1. The first-order chi connectivity index (χ1) is 15.9. The third-order valence-electron chi connectivity index (χ3n) is 6.87. The lowest BCUT2D eigenvalue weighted by Gasteiger charge is -2.41. The highest BCUT2D eigenvalue weighted by Gasteiger charge is 2.51. The van der Waals surface area contributed by atoms with Crippen LogP contribution in [0.1, 0.15) is 34.3 Å². The molecule has 0 spiro atoms. The molecule has 0 bridgehead atoms. The highest BCUT2D eigenvalue weighted by atomic mass is 16.5. The lowest BCUT2D eigenvalue weighted by Crippen LogP contribution is -2.44. The number of allylic oxidation sites excluding steroid dienone is 2. The number of aliphatic hydroxyl groups excluding tert-OH is 2. The first-order valence-electron chi connectivity index (χ1n) is 10.6. The Balaban J connectivity index is 1.94. The van der Waals surface area contributed by atoms with Gasteiger partial charge < -0.3 is 26.0 Å². The summed E-state index contributed by atoms with van der Waals surface area (Å²) in [4.78, 5) is 51.7. The number of anilines is 1. The van der Waals surface area contributed by atoms with Gasteiger partial charge in [-0.25, -0.2) is 5.06 Å². The Labute approximate surface area is 194 Å². The molecule has 1 aromatic rings. The van der Waals surface area contributed by atoms with Gasteiger partial charge in [0.1, 0.15) is 22.8 Å². The number of nitrogens with zero attached hydrogens (tertiary/aromatic N) is 2. The van der Waals surface area contributed by atoms with Gasteiger partial charge in [0.2, 0.25) is 0 Å². The number of Topliss-reactive ketones (excluding diaryl/α,β-unsaturated/α-hetero) is 2. The number of aliphatic hydroxyl groups is 2. The predicted molar refractivity (Wildman–Crippen MR) is 118 cm³/mol. The van der Waals surface area contributed by atoms with E-state index in [1.165, 1.54) is 6.07 Å². The van der Waals surface area contributed by atoms with Crippen molar-refractivity contribution in [2.45, 2.75) is 19.3 Å². The van der Waals surface area contributed by atoms with Crippen molar-refractivity contribution in [3.05, 3.63) is 39.7 Å². The van der Waals surface area contributed by atoms with Gasteiger partial charge in [0.25, 0.3) is 11.8 Å². The van der Waals surface area contributed by atoms with Crippen molar-refractivity contribution in [1.82, 2.24) is 5.06 Å². The molecule has 180 valence electrons. The van der Waals surface area contributed by atoms with Crippen LogP contribution in [0.25, 0.3) is 5.76 Å². The van der Waals surface area contributed by atoms with Crippen LogP contribution in [0.4, 0.5) is 5.69 Å². The number of hydrogen-bond donors (Lipinski definition) is 5. The van der Waals surface area contributed by atoms with Crippen molar-refractivity contribution in [2.75, 3.05) is 26.0 Å². The van der Waals surface area contributed by atoms with Gasteiger partial charge in [0.05, 0.1) is 17.0 Å². The summed E-state index contributed by atoms with van der Waals surface area (Å²) in [5, 5.41) is 42.6. The predicted octanol–water partition coefficient (Wildman–Crippen LogP) is 0.836. The average molecular weight is 471 g/mol. The Morgan fingerprint density at radius 3 is 2.29 bits per heavy atom. The first kappa shape index (κ1) is 23.3. The second-order valence-corrected chi connectivity index (χ2v) is 9.12. The zero-order valence-electron chi connectivity index (χ0n) is 18.8. The molecule has 4 rings (SSSR count). The highest BCUT2D eigenvalue weighted by Crippen LogP contribution is 2.52. The van der Waals surface area contributed by atoms with Crippen LogP contribution in [0.5, 0.6) is 5.75 Å². The smallest absolute Gasteiger partial charge is 0.280 e. The number of carbonyl (C=O) groups excluding carboxylic acids is 4.